The van der Waals surface area contributed by atoms with Gasteiger partial charge in [-0.25, -0.2) is 0 Å². The summed E-state index contributed by atoms with van der Waals surface area (Å²) in [5, 5.41) is 18.0. The Hall–Kier alpha value is -1.06. The van der Waals surface area contributed by atoms with E-state index < -0.39 is 23.8 Å². The predicted octanol–water partition coefficient (Wildman–Crippen LogP) is 2.23. The van der Waals surface area contributed by atoms with E-state index in [2.05, 4.69) is 0 Å². The third kappa shape index (κ3) is 4.32. The largest absolute Gasteiger partial charge is 0.481 e. The van der Waals surface area contributed by atoms with Crippen LogP contribution in [-0.4, -0.2) is 22.2 Å². The van der Waals surface area contributed by atoms with E-state index in [4.69, 9.17) is 10.2 Å². The minimum absolute atomic E-state index is 0.152. The number of carbonyl (C=O) groups is 2. The SMILES string of the molecule is CCCCC(C(=O)O)C(C(=O)O)C(C)C. The molecule has 15 heavy (non-hydrogen) atoms. The van der Waals surface area contributed by atoms with Gasteiger partial charge in [-0.15, -0.1) is 0 Å². The second-order valence-electron chi connectivity index (χ2n) is 4.19. The molecule has 0 aromatic rings. The van der Waals surface area contributed by atoms with Crippen molar-refractivity contribution < 1.29 is 19.8 Å². The summed E-state index contributed by atoms with van der Waals surface area (Å²) in [5.41, 5.74) is 0. The molecule has 0 radical (unpaired) electrons. The van der Waals surface area contributed by atoms with Crippen LogP contribution in [0.25, 0.3) is 0 Å². The van der Waals surface area contributed by atoms with Crippen molar-refractivity contribution in [3.05, 3.63) is 0 Å². The fraction of sp³-hybridized carbons (Fsp3) is 0.818. The minimum Gasteiger partial charge on any atom is -0.481 e. The van der Waals surface area contributed by atoms with Gasteiger partial charge in [0.1, 0.15) is 0 Å². The lowest BCUT2D eigenvalue weighted by Gasteiger charge is -2.23. The maximum atomic E-state index is 11.0. The Morgan fingerprint density at radius 2 is 1.67 bits per heavy atom. The lowest BCUT2D eigenvalue weighted by atomic mass is 9.80. The molecule has 0 aliphatic heterocycles. The van der Waals surface area contributed by atoms with Crippen LogP contribution in [0, 0.1) is 17.8 Å². The van der Waals surface area contributed by atoms with Gasteiger partial charge in [-0.2, -0.15) is 0 Å². The second-order valence-corrected chi connectivity index (χ2v) is 4.19. The third-order valence-electron chi connectivity index (χ3n) is 2.62. The van der Waals surface area contributed by atoms with Gasteiger partial charge >= 0.3 is 11.9 Å². The van der Waals surface area contributed by atoms with E-state index in [9.17, 15) is 9.59 Å². The molecular formula is C11H20O4. The first-order valence-corrected chi connectivity index (χ1v) is 5.37. The molecule has 0 fully saturated rings. The van der Waals surface area contributed by atoms with Crippen LogP contribution in [0.3, 0.4) is 0 Å². The smallest absolute Gasteiger partial charge is 0.307 e. The summed E-state index contributed by atoms with van der Waals surface area (Å²) in [6, 6.07) is 0. The highest BCUT2D eigenvalue weighted by molar-refractivity contribution is 5.80. The van der Waals surface area contributed by atoms with Gasteiger partial charge in [-0.1, -0.05) is 33.6 Å². The number of unbranched alkanes of at least 4 members (excludes halogenated alkanes) is 1. The fourth-order valence-electron chi connectivity index (χ4n) is 1.80. The average molecular weight is 216 g/mol. The van der Waals surface area contributed by atoms with E-state index in [0.29, 0.717) is 6.42 Å². The van der Waals surface area contributed by atoms with Gasteiger partial charge in [0, 0.05) is 0 Å². The molecule has 0 amide bonds. The highest BCUT2D eigenvalue weighted by atomic mass is 16.4. The molecule has 0 rings (SSSR count). The van der Waals surface area contributed by atoms with Crippen molar-refractivity contribution in [1.29, 1.82) is 0 Å². The number of hydrogen-bond donors (Lipinski definition) is 2. The molecule has 0 spiro atoms. The Balaban J connectivity index is 4.68. The summed E-state index contributed by atoms with van der Waals surface area (Å²) in [5.74, 6) is -3.70. The van der Waals surface area contributed by atoms with Crippen molar-refractivity contribution >= 4 is 11.9 Å². The monoisotopic (exact) mass is 216 g/mol. The summed E-state index contributed by atoms with van der Waals surface area (Å²) >= 11 is 0. The minimum atomic E-state index is -1.01. The molecule has 0 saturated carbocycles. The van der Waals surface area contributed by atoms with Crippen LogP contribution >= 0.6 is 0 Å². The Morgan fingerprint density at radius 3 is 1.93 bits per heavy atom. The lowest BCUT2D eigenvalue weighted by molar-refractivity contribution is -0.156. The summed E-state index contributed by atoms with van der Waals surface area (Å²) in [4.78, 5) is 22.0. The Bertz CT molecular complexity index is 223. The molecule has 0 aromatic carbocycles. The first kappa shape index (κ1) is 13.9. The fourth-order valence-corrected chi connectivity index (χ4v) is 1.80. The number of carboxylic acid groups (broad SMARTS) is 2. The van der Waals surface area contributed by atoms with E-state index in [1.54, 1.807) is 13.8 Å². The van der Waals surface area contributed by atoms with Gasteiger partial charge in [0.2, 0.25) is 0 Å². The van der Waals surface area contributed by atoms with Gasteiger partial charge in [0.05, 0.1) is 11.8 Å². The zero-order valence-electron chi connectivity index (χ0n) is 9.56. The normalized spacial score (nSPS) is 14.9. The molecule has 0 saturated heterocycles. The molecule has 4 heteroatoms. The molecule has 0 bridgehead atoms. The first-order valence-electron chi connectivity index (χ1n) is 5.37. The zero-order chi connectivity index (χ0) is 12.0. The summed E-state index contributed by atoms with van der Waals surface area (Å²) < 4.78 is 0. The van der Waals surface area contributed by atoms with E-state index >= 15 is 0 Å². The van der Waals surface area contributed by atoms with Crippen LogP contribution in [0.15, 0.2) is 0 Å². The van der Waals surface area contributed by atoms with Gasteiger partial charge in [-0.05, 0) is 12.3 Å². The predicted molar refractivity (Wildman–Crippen MR) is 56.6 cm³/mol. The van der Waals surface area contributed by atoms with Crippen molar-refractivity contribution in [2.75, 3.05) is 0 Å². The van der Waals surface area contributed by atoms with Crippen LogP contribution in [-0.2, 0) is 9.59 Å². The van der Waals surface area contributed by atoms with Gasteiger partial charge in [-0.3, -0.25) is 9.59 Å². The number of carboxylic acids is 2. The first-order chi connectivity index (χ1) is 6.91. The van der Waals surface area contributed by atoms with Crippen LogP contribution in [0.1, 0.15) is 40.0 Å². The van der Waals surface area contributed by atoms with Crippen LogP contribution in [0.5, 0.6) is 0 Å². The Morgan fingerprint density at radius 1 is 1.13 bits per heavy atom. The quantitative estimate of drug-likeness (QED) is 0.684. The third-order valence-corrected chi connectivity index (χ3v) is 2.62. The van der Waals surface area contributed by atoms with Gasteiger partial charge < -0.3 is 10.2 Å². The molecule has 2 unspecified atom stereocenters. The highest BCUT2D eigenvalue weighted by Gasteiger charge is 2.35. The van der Waals surface area contributed by atoms with E-state index in [1.807, 2.05) is 6.92 Å². The second kappa shape index (κ2) is 6.43. The lowest BCUT2D eigenvalue weighted by Crippen LogP contribution is -2.33. The number of rotatable bonds is 7. The summed E-state index contributed by atoms with van der Waals surface area (Å²) in [6.45, 7) is 5.46. The van der Waals surface area contributed by atoms with E-state index in [1.165, 1.54) is 0 Å². The number of hydrogen-bond acceptors (Lipinski definition) is 2. The molecule has 0 aliphatic carbocycles. The Kier molecular flexibility index (Phi) is 5.97. The highest BCUT2D eigenvalue weighted by Crippen LogP contribution is 2.26. The van der Waals surface area contributed by atoms with Crippen molar-refractivity contribution in [1.82, 2.24) is 0 Å². The van der Waals surface area contributed by atoms with Crippen LogP contribution in [0.2, 0.25) is 0 Å². The zero-order valence-corrected chi connectivity index (χ0v) is 9.56. The van der Waals surface area contributed by atoms with Crippen molar-refractivity contribution in [3.63, 3.8) is 0 Å². The van der Waals surface area contributed by atoms with Gasteiger partial charge in [0.25, 0.3) is 0 Å². The Labute approximate surface area is 90.3 Å². The topological polar surface area (TPSA) is 74.6 Å². The maximum Gasteiger partial charge on any atom is 0.307 e. The summed E-state index contributed by atoms with van der Waals surface area (Å²) in [7, 11) is 0. The van der Waals surface area contributed by atoms with Crippen molar-refractivity contribution in [3.8, 4) is 0 Å². The average Bonchev–Trinajstić information content (AvgIpc) is 2.09. The maximum absolute atomic E-state index is 11.0. The molecule has 0 heterocycles. The standard InChI is InChI=1S/C11H20O4/c1-4-5-6-8(10(12)13)9(7(2)3)11(14)15/h7-9H,4-6H2,1-3H3,(H,12,13)(H,14,15). The molecule has 2 N–H and O–H groups in total. The molecule has 4 nitrogen and oxygen atoms in total. The van der Waals surface area contributed by atoms with Crippen LogP contribution in [0.4, 0.5) is 0 Å². The van der Waals surface area contributed by atoms with Gasteiger partial charge in [0.15, 0.2) is 0 Å². The number of aliphatic carboxylic acids is 2. The van der Waals surface area contributed by atoms with Crippen LogP contribution < -0.4 is 0 Å². The van der Waals surface area contributed by atoms with E-state index in [-0.39, 0.29) is 5.92 Å². The molecule has 88 valence electrons. The molecule has 0 aliphatic rings. The van der Waals surface area contributed by atoms with E-state index in [0.717, 1.165) is 12.8 Å². The summed E-state index contributed by atoms with van der Waals surface area (Å²) in [6.07, 6.45) is 2.09. The van der Waals surface area contributed by atoms with Crippen molar-refractivity contribution in [2.24, 2.45) is 17.8 Å². The molecule has 0 aromatic heterocycles. The molecule has 2 atom stereocenters. The molecular weight excluding hydrogens is 196 g/mol. The van der Waals surface area contributed by atoms with Crippen molar-refractivity contribution in [2.45, 2.75) is 40.0 Å².